The predicted octanol–water partition coefficient (Wildman–Crippen LogP) is 2.52. The van der Waals surface area contributed by atoms with Gasteiger partial charge in [-0.2, -0.15) is 0 Å². The Hall–Kier alpha value is -2.15. The van der Waals surface area contributed by atoms with Crippen LogP contribution in [0.15, 0.2) is 18.2 Å². The molecule has 1 fully saturated rings. The number of rotatable bonds is 5. The maximum Gasteiger partial charge on any atom is 0.342 e. The van der Waals surface area contributed by atoms with Gasteiger partial charge in [0.15, 0.2) is 0 Å². The SMILES string of the molecule is CC1(CNc2ccc(C(=O)O)c([N+](=O)[O-])c2)CCOCC1. The lowest BCUT2D eigenvalue weighted by molar-refractivity contribution is -0.385. The molecule has 0 unspecified atom stereocenters. The van der Waals surface area contributed by atoms with E-state index in [1.807, 2.05) is 0 Å². The molecule has 1 aromatic rings. The highest BCUT2D eigenvalue weighted by molar-refractivity contribution is 5.93. The summed E-state index contributed by atoms with van der Waals surface area (Å²) in [6.45, 7) is 4.25. The normalized spacial score (nSPS) is 17.2. The number of carboxylic acids is 1. The third-order valence-corrected chi connectivity index (χ3v) is 3.84. The van der Waals surface area contributed by atoms with Crippen LogP contribution in [0.4, 0.5) is 11.4 Å². The highest BCUT2D eigenvalue weighted by atomic mass is 16.6. The Kier molecular flexibility index (Phi) is 4.42. The second kappa shape index (κ2) is 6.09. The number of aromatic carboxylic acids is 1. The van der Waals surface area contributed by atoms with Gasteiger partial charge in [-0.25, -0.2) is 4.79 Å². The first kappa shape index (κ1) is 15.2. The smallest absolute Gasteiger partial charge is 0.342 e. The third kappa shape index (κ3) is 3.69. The van der Waals surface area contributed by atoms with Gasteiger partial charge in [-0.3, -0.25) is 10.1 Å². The van der Waals surface area contributed by atoms with Crippen LogP contribution >= 0.6 is 0 Å². The quantitative estimate of drug-likeness (QED) is 0.639. The minimum atomic E-state index is -1.30. The van der Waals surface area contributed by atoms with Crippen LogP contribution in [0.3, 0.4) is 0 Å². The molecular formula is C14H18N2O5. The highest BCUT2D eigenvalue weighted by Gasteiger charge is 2.27. The molecule has 0 spiro atoms. The van der Waals surface area contributed by atoms with E-state index in [4.69, 9.17) is 9.84 Å². The van der Waals surface area contributed by atoms with E-state index in [1.165, 1.54) is 12.1 Å². The van der Waals surface area contributed by atoms with Crippen LogP contribution in [0, 0.1) is 15.5 Å². The standard InChI is InChI=1S/C14H18N2O5/c1-14(4-6-21-7-5-14)9-15-10-2-3-11(13(17)18)12(8-10)16(19)20/h2-3,8,15H,4-7,9H2,1H3,(H,17,18). The van der Waals surface area contributed by atoms with Crippen molar-refractivity contribution in [1.82, 2.24) is 0 Å². The van der Waals surface area contributed by atoms with Crippen LogP contribution in [-0.2, 0) is 4.74 Å². The largest absolute Gasteiger partial charge is 0.477 e. The molecule has 0 bridgehead atoms. The van der Waals surface area contributed by atoms with Crippen LogP contribution in [-0.4, -0.2) is 35.8 Å². The number of ether oxygens (including phenoxy) is 1. The molecule has 0 aromatic heterocycles. The number of hydrogen-bond acceptors (Lipinski definition) is 5. The van der Waals surface area contributed by atoms with Gasteiger partial charge in [-0.1, -0.05) is 6.92 Å². The number of nitrogens with one attached hydrogen (secondary N) is 1. The molecular weight excluding hydrogens is 276 g/mol. The fraction of sp³-hybridized carbons (Fsp3) is 0.500. The minimum Gasteiger partial charge on any atom is -0.477 e. The number of benzene rings is 1. The number of hydrogen-bond donors (Lipinski definition) is 2. The van der Waals surface area contributed by atoms with Gasteiger partial charge in [0, 0.05) is 31.5 Å². The summed E-state index contributed by atoms with van der Waals surface area (Å²) < 4.78 is 5.33. The lowest BCUT2D eigenvalue weighted by atomic mass is 9.82. The molecule has 1 aliphatic rings. The summed E-state index contributed by atoms with van der Waals surface area (Å²) in [6, 6.07) is 4.08. The third-order valence-electron chi connectivity index (χ3n) is 3.84. The van der Waals surface area contributed by atoms with Crippen molar-refractivity contribution < 1.29 is 19.6 Å². The predicted molar refractivity (Wildman–Crippen MR) is 76.7 cm³/mol. The Bertz CT molecular complexity index is 552. The Morgan fingerprint density at radius 1 is 1.48 bits per heavy atom. The summed E-state index contributed by atoms with van der Waals surface area (Å²) in [6.07, 6.45) is 1.85. The minimum absolute atomic E-state index is 0.0818. The van der Waals surface area contributed by atoms with Crippen molar-refractivity contribution >= 4 is 17.3 Å². The van der Waals surface area contributed by atoms with Gasteiger partial charge in [0.1, 0.15) is 5.56 Å². The molecule has 1 aliphatic heterocycles. The molecule has 0 aliphatic carbocycles. The monoisotopic (exact) mass is 294 g/mol. The lowest BCUT2D eigenvalue weighted by Crippen LogP contribution is -2.33. The molecule has 2 N–H and O–H groups in total. The number of nitrogens with zero attached hydrogens (tertiary/aromatic N) is 1. The van der Waals surface area contributed by atoms with Crippen molar-refractivity contribution in [3.8, 4) is 0 Å². The van der Waals surface area contributed by atoms with E-state index in [-0.39, 0.29) is 11.0 Å². The van der Waals surface area contributed by atoms with Gasteiger partial charge < -0.3 is 15.2 Å². The van der Waals surface area contributed by atoms with E-state index in [0.29, 0.717) is 12.2 Å². The first-order valence-corrected chi connectivity index (χ1v) is 6.75. The molecule has 0 saturated carbocycles. The summed E-state index contributed by atoms with van der Waals surface area (Å²) >= 11 is 0. The molecule has 7 nitrogen and oxygen atoms in total. The summed E-state index contributed by atoms with van der Waals surface area (Å²) in [7, 11) is 0. The molecule has 1 heterocycles. The Morgan fingerprint density at radius 2 is 2.14 bits per heavy atom. The van der Waals surface area contributed by atoms with Crippen molar-refractivity contribution in [1.29, 1.82) is 0 Å². The second-order valence-electron chi connectivity index (χ2n) is 5.57. The molecule has 7 heteroatoms. The molecule has 114 valence electrons. The molecule has 2 rings (SSSR count). The first-order chi connectivity index (χ1) is 9.91. The van der Waals surface area contributed by atoms with E-state index in [9.17, 15) is 14.9 Å². The highest BCUT2D eigenvalue weighted by Crippen LogP contribution is 2.31. The molecule has 1 saturated heterocycles. The van der Waals surface area contributed by atoms with E-state index >= 15 is 0 Å². The van der Waals surface area contributed by atoms with Crippen molar-refractivity contribution in [2.75, 3.05) is 25.1 Å². The Labute approximate surface area is 122 Å². The van der Waals surface area contributed by atoms with Crippen molar-refractivity contribution in [2.24, 2.45) is 5.41 Å². The van der Waals surface area contributed by atoms with E-state index in [1.54, 1.807) is 6.07 Å². The van der Waals surface area contributed by atoms with Gasteiger partial charge in [0.25, 0.3) is 5.69 Å². The summed E-state index contributed by atoms with van der Waals surface area (Å²) in [4.78, 5) is 21.2. The molecule has 0 amide bonds. The van der Waals surface area contributed by atoms with Gasteiger partial charge in [-0.15, -0.1) is 0 Å². The number of nitro benzene ring substituents is 1. The second-order valence-corrected chi connectivity index (χ2v) is 5.57. The Morgan fingerprint density at radius 3 is 2.71 bits per heavy atom. The number of carboxylic acid groups (broad SMARTS) is 1. The molecule has 0 atom stereocenters. The zero-order chi connectivity index (χ0) is 15.5. The summed E-state index contributed by atoms with van der Waals surface area (Å²) in [5, 5.41) is 23.1. The number of nitro groups is 1. The van der Waals surface area contributed by atoms with Gasteiger partial charge in [0.05, 0.1) is 4.92 Å². The average Bonchev–Trinajstić information content (AvgIpc) is 2.45. The zero-order valence-electron chi connectivity index (χ0n) is 11.8. The van der Waals surface area contributed by atoms with E-state index in [0.717, 1.165) is 26.1 Å². The zero-order valence-corrected chi connectivity index (χ0v) is 11.8. The topological polar surface area (TPSA) is 102 Å². The molecule has 1 aromatic carbocycles. The Balaban J connectivity index is 2.12. The number of carbonyl (C=O) groups is 1. The summed E-state index contributed by atoms with van der Waals surface area (Å²) in [5.74, 6) is -1.30. The van der Waals surface area contributed by atoms with E-state index in [2.05, 4.69) is 12.2 Å². The molecule has 21 heavy (non-hydrogen) atoms. The van der Waals surface area contributed by atoms with Crippen molar-refractivity contribution in [3.05, 3.63) is 33.9 Å². The van der Waals surface area contributed by atoms with Gasteiger partial charge >= 0.3 is 5.97 Å². The van der Waals surface area contributed by atoms with Crippen LogP contribution in [0.1, 0.15) is 30.1 Å². The fourth-order valence-electron chi connectivity index (χ4n) is 2.33. The average molecular weight is 294 g/mol. The van der Waals surface area contributed by atoms with Crippen molar-refractivity contribution in [3.63, 3.8) is 0 Å². The van der Waals surface area contributed by atoms with Crippen molar-refractivity contribution in [2.45, 2.75) is 19.8 Å². The van der Waals surface area contributed by atoms with Crippen LogP contribution < -0.4 is 5.32 Å². The van der Waals surface area contributed by atoms with Crippen LogP contribution in [0.5, 0.6) is 0 Å². The molecule has 0 radical (unpaired) electrons. The maximum absolute atomic E-state index is 11.0. The summed E-state index contributed by atoms with van der Waals surface area (Å²) in [5.41, 5.74) is -0.0646. The van der Waals surface area contributed by atoms with Crippen LogP contribution in [0.25, 0.3) is 0 Å². The number of anilines is 1. The lowest BCUT2D eigenvalue weighted by Gasteiger charge is -2.33. The van der Waals surface area contributed by atoms with Gasteiger partial charge in [-0.05, 0) is 30.4 Å². The first-order valence-electron chi connectivity index (χ1n) is 6.75. The van der Waals surface area contributed by atoms with E-state index < -0.39 is 16.6 Å². The van der Waals surface area contributed by atoms with Crippen LogP contribution in [0.2, 0.25) is 0 Å². The fourth-order valence-corrected chi connectivity index (χ4v) is 2.33. The maximum atomic E-state index is 11.0. The van der Waals surface area contributed by atoms with Gasteiger partial charge in [0.2, 0.25) is 0 Å².